The first-order valence-corrected chi connectivity index (χ1v) is 3.84. The van der Waals surface area contributed by atoms with Crippen molar-refractivity contribution in [3.8, 4) is 0 Å². The van der Waals surface area contributed by atoms with Crippen LogP contribution in [0.5, 0.6) is 0 Å². The van der Waals surface area contributed by atoms with Crippen molar-refractivity contribution >= 4 is 29.6 Å². The van der Waals surface area contributed by atoms with Crippen LogP contribution in [0.3, 0.4) is 0 Å². The Morgan fingerprint density at radius 3 is 2.08 bits per heavy atom. The summed E-state index contributed by atoms with van der Waals surface area (Å²) in [4.78, 5) is 0. The van der Waals surface area contributed by atoms with Crippen molar-refractivity contribution in [1.29, 1.82) is 0 Å². The molecule has 0 atom stereocenters. The Labute approximate surface area is 96.1 Å². The van der Waals surface area contributed by atoms with Gasteiger partial charge in [-0.05, 0) is 19.4 Å². The summed E-state index contributed by atoms with van der Waals surface area (Å²) in [5.41, 5.74) is 0.585. The summed E-state index contributed by atoms with van der Waals surface area (Å²) in [5, 5.41) is 9.47. The predicted molar refractivity (Wildman–Crippen MR) is 52.2 cm³/mol. The SMILES string of the molecule is CC(C)(O)Cc1ccccc1.[Na]. The average Bonchev–Trinajstić information content (AvgIpc) is 1.85. The fourth-order valence-electron chi connectivity index (χ4n) is 1.10. The van der Waals surface area contributed by atoms with Crippen molar-refractivity contribution in [1.82, 2.24) is 0 Å². The summed E-state index contributed by atoms with van der Waals surface area (Å²) >= 11 is 0. The van der Waals surface area contributed by atoms with E-state index in [2.05, 4.69) is 0 Å². The maximum absolute atomic E-state index is 9.47. The van der Waals surface area contributed by atoms with E-state index in [1.807, 2.05) is 44.2 Å². The fourth-order valence-corrected chi connectivity index (χ4v) is 1.10. The fraction of sp³-hybridized carbons (Fsp3) is 0.400. The van der Waals surface area contributed by atoms with Gasteiger partial charge in [-0.2, -0.15) is 0 Å². The third-order valence-corrected chi connectivity index (χ3v) is 1.48. The molecule has 0 fully saturated rings. The average molecular weight is 173 g/mol. The van der Waals surface area contributed by atoms with Gasteiger partial charge in [-0.3, -0.25) is 0 Å². The van der Waals surface area contributed by atoms with Crippen molar-refractivity contribution in [2.45, 2.75) is 25.9 Å². The van der Waals surface area contributed by atoms with Gasteiger partial charge >= 0.3 is 0 Å². The summed E-state index contributed by atoms with van der Waals surface area (Å²) in [6.07, 6.45) is 0.716. The first-order chi connectivity index (χ1) is 5.08. The molecule has 12 heavy (non-hydrogen) atoms. The molecule has 1 aromatic carbocycles. The second-order valence-corrected chi connectivity index (χ2v) is 3.47. The zero-order valence-electron chi connectivity index (χ0n) is 8.04. The minimum atomic E-state index is -0.596. The van der Waals surface area contributed by atoms with Gasteiger partial charge in [-0.1, -0.05) is 30.3 Å². The van der Waals surface area contributed by atoms with Gasteiger partial charge in [-0.25, -0.2) is 0 Å². The molecule has 1 aromatic rings. The van der Waals surface area contributed by atoms with E-state index in [-0.39, 0.29) is 29.6 Å². The van der Waals surface area contributed by atoms with E-state index in [9.17, 15) is 5.11 Å². The quantitative estimate of drug-likeness (QED) is 0.674. The van der Waals surface area contributed by atoms with Crippen LogP contribution in [0.25, 0.3) is 0 Å². The van der Waals surface area contributed by atoms with Gasteiger partial charge in [0.2, 0.25) is 0 Å². The van der Waals surface area contributed by atoms with E-state index in [1.165, 1.54) is 5.56 Å². The van der Waals surface area contributed by atoms with Crippen LogP contribution in [0.2, 0.25) is 0 Å². The number of rotatable bonds is 2. The topological polar surface area (TPSA) is 20.2 Å². The Morgan fingerprint density at radius 1 is 1.17 bits per heavy atom. The molecule has 0 aliphatic heterocycles. The molecule has 1 radical (unpaired) electrons. The van der Waals surface area contributed by atoms with Gasteiger partial charge < -0.3 is 5.11 Å². The third kappa shape index (κ3) is 4.94. The Balaban J connectivity index is 0.00000121. The van der Waals surface area contributed by atoms with Gasteiger partial charge in [-0.15, -0.1) is 0 Å². The van der Waals surface area contributed by atoms with Crippen LogP contribution in [0, 0.1) is 0 Å². The standard InChI is InChI=1S/C10H14O.Na/c1-10(2,11)8-9-6-4-3-5-7-9;/h3-7,11H,8H2,1-2H3;. The second kappa shape index (κ2) is 5.03. The normalized spacial score (nSPS) is 10.6. The molecule has 61 valence electrons. The van der Waals surface area contributed by atoms with Crippen molar-refractivity contribution in [2.75, 3.05) is 0 Å². The van der Waals surface area contributed by atoms with E-state index >= 15 is 0 Å². The number of hydrogen-bond acceptors (Lipinski definition) is 1. The molecule has 2 heteroatoms. The van der Waals surface area contributed by atoms with Crippen LogP contribution < -0.4 is 0 Å². The van der Waals surface area contributed by atoms with E-state index in [0.29, 0.717) is 6.42 Å². The molecule has 0 heterocycles. The van der Waals surface area contributed by atoms with Crippen LogP contribution in [-0.2, 0) is 6.42 Å². The van der Waals surface area contributed by atoms with Crippen molar-refractivity contribution in [2.24, 2.45) is 0 Å². The molecule has 0 aliphatic rings. The van der Waals surface area contributed by atoms with Crippen molar-refractivity contribution in [3.05, 3.63) is 35.9 Å². The van der Waals surface area contributed by atoms with Crippen LogP contribution in [0.1, 0.15) is 19.4 Å². The van der Waals surface area contributed by atoms with E-state index in [4.69, 9.17) is 0 Å². The zero-order valence-corrected chi connectivity index (χ0v) is 10.0. The molecule has 0 bridgehead atoms. The van der Waals surface area contributed by atoms with Crippen molar-refractivity contribution < 1.29 is 5.11 Å². The van der Waals surface area contributed by atoms with E-state index in [1.54, 1.807) is 0 Å². The van der Waals surface area contributed by atoms with Gasteiger partial charge in [0, 0.05) is 36.0 Å². The number of aliphatic hydroxyl groups is 1. The van der Waals surface area contributed by atoms with Gasteiger partial charge in [0.15, 0.2) is 0 Å². The summed E-state index contributed by atoms with van der Waals surface area (Å²) in [6.45, 7) is 3.64. The Hall–Kier alpha value is 0.180. The molecular weight excluding hydrogens is 159 g/mol. The molecule has 0 aliphatic carbocycles. The predicted octanol–water partition coefficient (Wildman–Crippen LogP) is 1.62. The first kappa shape index (κ1) is 12.2. The zero-order chi connectivity index (χ0) is 8.32. The van der Waals surface area contributed by atoms with E-state index < -0.39 is 5.60 Å². The summed E-state index contributed by atoms with van der Waals surface area (Å²) in [5.74, 6) is 0. The minimum absolute atomic E-state index is 0. The molecule has 0 spiro atoms. The van der Waals surface area contributed by atoms with Crippen molar-refractivity contribution in [3.63, 3.8) is 0 Å². The molecule has 1 nitrogen and oxygen atoms in total. The summed E-state index contributed by atoms with van der Waals surface area (Å²) in [6, 6.07) is 10.0. The molecule has 0 saturated carbocycles. The second-order valence-electron chi connectivity index (χ2n) is 3.47. The van der Waals surface area contributed by atoms with Crippen LogP contribution in [0.4, 0.5) is 0 Å². The molecule has 0 aromatic heterocycles. The first-order valence-electron chi connectivity index (χ1n) is 3.84. The van der Waals surface area contributed by atoms with Crippen LogP contribution in [0.15, 0.2) is 30.3 Å². The smallest absolute Gasteiger partial charge is 0.0631 e. The summed E-state index contributed by atoms with van der Waals surface area (Å²) in [7, 11) is 0. The minimum Gasteiger partial charge on any atom is -0.390 e. The van der Waals surface area contributed by atoms with Crippen LogP contribution in [-0.4, -0.2) is 40.3 Å². The number of hydrogen-bond donors (Lipinski definition) is 1. The molecule has 1 rings (SSSR count). The number of benzene rings is 1. The van der Waals surface area contributed by atoms with Gasteiger partial charge in [0.1, 0.15) is 0 Å². The van der Waals surface area contributed by atoms with Gasteiger partial charge in [0.05, 0.1) is 5.60 Å². The molecule has 0 saturated heterocycles. The molecular formula is C10H14NaO. The Morgan fingerprint density at radius 2 is 1.67 bits per heavy atom. The third-order valence-electron chi connectivity index (χ3n) is 1.48. The summed E-state index contributed by atoms with van der Waals surface area (Å²) < 4.78 is 0. The monoisotopic (exact) mass is 173 g/mol. The van der Waals surface area contributed by atoms with Gasteiger partial charge in [0.25, 0.3) is 0 Å². The maximum atomic E-state index is 9.47. The molecule has 0 amide bonds. The van der Waals surface area contributed by atoms with Crippen LogP contribution >= 0.6 is 0 Å². The molecule has 0 unspecified atom stereocenters. The maximum Gasteiger partial charge on any atom is 0.0631 e. The Kier molecular flexibility index (Phi) is 5.10. The molecule has 1 N–H and O–H groups in total. The largest absolute Gasteiger partial charge is 0.390 e. The Bertz CT molecular complexity index is 213. The van der Waals surface area contributed by atoms with E-state index in [0.717, 1.165) is 0 Å².